The second-order valence-electron chi connectivity index (χ2n) is 4.82. The maximum atomic E-state index is 5.81. The highest BCUT2D eigenvalue weighted by atomic mass is 16.5. The fraction of sp³-hybridized carbons (Fsp3) is 0.529. The normalized spacial score (nSPS) is 11.9. The molecule has 1 N–H and O–H groups in total. The van der Waals surface area contributed by atoms with E-state index in [4.69, 9.17) is 9.47 Å². The van der Waals surface area contributed by atoms with E-state index in [1.54, 1.807) is 0 Å². The van der Waals surface area contributed by atoms with Crippen molar-refractivity contribution in [3.63, 3.8) is 0 Å². The van der Waals surface area contributed by atoms with Crippen LogP contribution in [0.3, 0.4) is 0 Å². The van der Waals surface area contributed by atoms with Crippen LogP contribution in [0.2, 0.25) is 0 Å². The molecule has 0 radical (unpaired) electrons. The Balaban J connectivity index is 2.84. The molecule has 0 aliphatic carbocycles. The van der Waals surface area contributed by atoms with Crippen LogP contribution in [0.4, 0.5) is 0 Å². The Morgan fingerprint density at radius 1 is 1.15 bits per heavy atom. The molecule has 1 atom stereocenters. The Morgan fingerprint density at radius 2 is 1.80 bits per heavy atom. The molecule has 0 aliphatic rings. The van der Waals surface area contributed by atoms with Gasteiger partial charge in [0.25, 0.3) is 0 Å². The van der Waals surface area contributed by atoms with Crippen molar-refractivity contribution in [2.45, 2.75) is 39.7 Å². The predicted molar refractivity (Wildman–Crippen MR) is 84.6 cm³/mol. The lowest BCUT2D eigenvalue weighted by Gasteiger charge is -2.17. The van der Waals surface area contributed by atoms with Crippen LogP contribution in [0.5, 0.6) is 11.5 Å². The molecule has 3 nitrogen and oxygen atoms in total. The SMILES string of the molecule is C=CCNC(C)c1ccc(OCCC)c(OCCC)c1. The molecule has 20 heavy (non-hydrogen) atoms. The largest absolute Gasteiger partial charge is 0.490 e. The average molecular weight is 277 g/mol. The molecule has 3 heteroatoms. The van der Waals surface area contributed by atoms with E-state index in [1.807, 2.05) is 12.1 Å². The number of rotatable bonds is 10. The smallest absolute Gasteiger partial charge is 0.161 e. The quantitative estimate of drug-likeness (QED) is 0.653. The Morgan fingerprint density at radius 3 is 2.40 bits per heavy atom. The summed E-state index contributed by atoms with van der Waals surface area (Å²) in [7, 11) is 0. The van der Waals surface area contributed by atoms with Crippen molar-refractivity contribution in [1.82, 2.24) is 5.32 Å². The summed E-state index contributed by atoms with van der Waals surface area (Å²) in [6, 6.07) is 6.42. The second kappa shape index (κ2) is 9.43. The lowest BCUT2D eigenvalue weighted by atomic mass is 10.1. The van der Waals surface area contributed by atoms with Gasteiger partial charge in [-0.1, -0.05) is 26.0 Å². The van der Waals surface area contributed by atoms with Gasteiger partial charge in [0.1, 0.15) is 0 Å². The van der Waals surface area contributed by atoms with Crippen molar-refractivity contribution < 1.29 is 9.47 Å². The Labute approximate surface area is 123 Å². The number of ether oxygens (including phenoxy) is 2. The maximum Gasteiger partial charge on any atom is 0.161 e. The summed E-state index contributed by atoms with van der Waals surface area (Å²) in [6.45, 7) is 12.3. The van der Waals surface area contributed by atoms with Crippen LogP contribution in [0.1, 0.15) is 45.2 Å². The first-order valence-corrected chi connectivity index (χ1v) is 7.46. The van der Waals surface area contributed by atoms with E-state index in [0.717, 1.165) is 30.9 Å². The molecule has 0 saturated heterocycles. The monoisotopic (exact) mass is 277 g/mol. The molecule has 1 aromatic rings. The fourth-order valence-electron chi connectivity index (χ4n) is 1.83. The van der Waals surface area contributed by atoms with Gasteiger partial charge in [0.05, 0.1) is 13.2 Å². The Bertz CT molecular complexity index is 404. The summed E-state index contributed by atoms with van der Waals surface area (Å²) in [4.78, 5) is 0. The van der Waals surface area contributed by atoms with Gasteiger partial charge in [-0.05, 0) is 37.5 Å². The number of hydrogen-bond acceptors (Lipinski definition) is 3. The summed E-state index contributed by atoms with van der Waals surface area (Å²) >= 11 is 0. The Kier molecular flexibility index (Phi) is 7.81. The van der Waals surface area contributed by atoms with E-state index >= 15 is 0 Å². The molecule has 0 aromatic heterocycles. The van der Waals surface area contributed by atoms with E-state index in [-0.39, 0.29) is 6.04 Å². The summed E-state index contributed by atoms with van der Waals surface area (Å²) in [5.74, 6) is 1.67. The molecule has 0 saturated carbocycles. The standard InChI is InChI=1S/C17H27NO2/c1-5-10-18-14(4)15-8-9-16(19-11-6-2)17(13-15)20-12-7-3/h5,8-9,13-14,18H,1,6-7,10-12H2,2-4H3. The molecule has 112 valence electrons. The topological polar surface area (TPSA) is 30.5 Å². The van der Waals surface area contributed by atoms with Crippen LogP contribution in [0.25, 0.3) is 0 Å². The van der Waals surface area contributed by atoms with Crippen LogP contribution in [0.15, 0.2) is 30.9 Å². The first kappa shape index (κ1) is 16.6. The first-order valence-electron chi connectivity index (χ1n) is 7.46. The van der Waals surface area contributed by atoms with Gasteiger partial charge in [0.2, 0.25) is 0 Å². The van der Waals surface area contributed by atoms with Crippen molar-refractivity contribution in [1.29, 1.82) is 0 Å². The van der Waals surface area contributed by atoms with Crippen LogP contribution in [0, 0.1) is 0 Å². The molecule has 0 aliphatic heterocycles. The highest BCUT2D eigenvalue weighted by Gasteiger charge is 2.10. The van der Waals surface area contributed by atoms with Crippen molar-refractivity contribution in [2.75, 3.05) is 19.8 Å². The molecule has 0 bridgehead atoms. The lowest BCUT2D eigenvalue weighted by Crippen LogP contribution is -2.18. The van der Waals surface area contributed by atoms with E-state index < -0.39 is 0 Å². The number of nitrogens with one attached hydrogen (secondary N) is 1. The van der Waals surface area contributed by atoms with E-state index in [9.17, 15) is 0 Å². The van der Waals surface area contributed by atoms with Crippen molar-refractivity contribution in [2.24, 2.45) is 0 Å². The fourth-order valence-corrected chi connectivity index (χ4v) is 1.83. The molecule has 0 fully saturated rings. The average Bonchev–Trinajstić information content (AvgIpc) is 2.48. The second-order valence-corrected chi connectivity index (χ2v) is 4.82. The minimum absolute atomic E-state index is 0.261. The molecular weight excluding hydrogens is 250 g/mol. The van der Waals surface area contributed by atoms with Crippen molar-refractivity contribution in [3.8, 4) is 11.5 Å². The van der Waals surface area contributed by atoms with Crippen LogP contribution in [-0.2, 0) is 0 Å². The van der Waals surface area contributed by atoms with Gasteiger partial charge in [-0.25, -0.2) is 0 Å². The molecule has 1 unspecified atom stereocenters. The van der Waals surface area contributed by atoms with E-state index in [2.05, 4.69) is 44.8 Å². The lowest BCUT2D eigenvalue weighted by molar-refractivity contribution is 0.268. The highest BCUT2D eigenvalue weighted by Crippen LogP contribution is 2.31. The van der Waals surface area contributed by atoms with Crippen LogP contribution in [-0.4, -0.2) is 19.8 Å². The van der Waals surface area contributed by atoms with Crippen LogP contribution < -0.4 is 14.8 Å². The predicted octanol–water partition coefficient (Wildman–Crippen LogP) is 4.10. The van der Waals surface area contributed by atoms with Gasteiger partial charge in [-0.2, -0.15) is 0 Å². The highest BCUT2D eigenvalue weighted by molar-refractivity contribution is 5.43. The van der Waals surface area contributed by atoms with E-state index in [0.29, 0.717) is 13.2 Å². The van der Waals surface area contributed by atoms with Crippen molar-refractivity contribution in [3.05, 3.63) is 36.4 Å². The van der Waals surface area contributed by atoms with Crippen LogP contribution >= 0.6 is 0 Å². The zero-order valence-electron chi connectivity index (χ0n) is 12.9. The maximum absolute atomic E-state index is 5.81. The first-order chi connectivity index (χ1) is 9.72. The van der Waals surface area contributed by atoms with Gasteiger partial charge in [-0.15, -0.1) is 6.58 Å². The molecule has 1 aromatic carbocycles. The number of benzene rings is 1. The van der Waals surface area contributed by atoms with Gasteiger partial charge in [0.15, 0.2) is 11.5 Å². The minimum Gasteiger partial charge on any atom is -0.490 e. The molecule has 0 spiro atoms. The summed E-state index contributed by atoms with van der Waals surface area (Å²) in [5.41, 5.74) is 1.20. The molecular formula is C17H27NO2. The van der Waals surface area contributed by atoms with E-state index in [1.165, 1.54) is 5.56 Å². The molecule has 1 rings (SSSR count). The molecule has 0 amide bonds. The summed E-state index contributed by atoms with van der Waals surface area (Å²) in [6.07, 6.45) is 3.84. The van der Waals surface area contributed by atoms with Crippen molar-refractivity contribution >= 4 is 0 Å². The summed E-state index contributed by atoms with van der Waals surface area (Å²) < 4.78 is 11.5. The number of hydrogen-bond donors (Lipinski definition) is 1. The van der Waals surface area contributed by atoms with Gasteiger partial charge >= 0.3 is 0 Å². The minimum atomic E-state index is 0.261. The summed E-state index contributed by atoms with van der Waals surface area (Å²) in [5, 5.41) is 3.38. The third-order valence-electron chi connectivity index (χ3n) is 2.96. The van der Waals surface area contributed by atoms with Gasteiger partial charge in [0, 0.05) is 12.6 Å². The van der Waals surface area contributed by atoms with Gasteiger partial charge < -0.3 is 14.8 Å². The molecule has 0 heterocycles. The zero-order chi connectivity index (χ0) is 14.8. The third kappa shape index (κ3) is 5.25. The zero-order valence-corrected chi connectivity index (χ0v) is 12.9. The van der Waals surface area contributed by atoms with Gasteiger partial charge in [-0.3, -0.25) is 0 Å². The Hall–Kier alpha value is -1.48. The third-order valence-corrected chi connectivity index (χ3v) is 2.96.